The van der Waals surface area contributed by atoms with Crippen molar-refractivity contribution in [2.45, 2.75) is 26.2 Å². The number of carbonyl (C=O) groups excluding carboxylic acids is 1. The van der Waals surface area contributed by atoms with Crippen LogP contribution in [0.1, 0.15) is 25.3 Å². The third kappa shape index (κ3) is 4.11. The van der Waals surface area contributed by atoms with Crippen molar-refractivity contribution in [3.8, 4) is 11.5 Å². The minimum absolute atomic E-state index is 0.0394. The van der Waals surface area contributed by atoms with E-state index in [1.54, 1.807) is 0 Å². The van der Waals surface area contributed by atoms with E-state index in [0.717, 1.165) is 31.5 Å². The summed E-state index contributed by atoms with van der Waals surface area (Å²) in [4.78, 5) is 13.9. The average molecular weight is 292 g/mol. The van der Waals surface area contributed by atoms with E-state index >= 15 is 0 Å². The second kappa shape index (κ2) is 7.88. The summed E-state index contributed by atoms with van der Waals surface area (Å²) < 4.78 is 11.4. The molecule has 0 bridgehead atoms. The van der Waals surface area contributed by atoms with E-state index in [1.165, 1.54) is 0 Å². The SMILES string of the molecule is CCOc1cccc(CCN)c1OCC(=O)N1CCCC1. The lowest BCUT2D eigenvalue weighted by Crippen LogP contribution is -2.32. The van der Waals surface area contributed by atoms with E-state index in [1.807, 2.05) is 30.0 Å². The predicted molar refractivity (Wildman–Crippen MR) is 81.7 cm³/mol. The molecule has 2 N–H and O–H groups in total. The Labute approximate surface area is 126 Å². The number of ether oxygens (including phenoxy) is 2. The molecule has 1 aromatic rings. The second-order valence-electron chi connectivity index (χ2n) is 5.09. The summed E-state index contributed by atoms with van der Waals surface area (Å²) >= 11 is 0. The fourth-order valence-electron chi connectivity index (χ4n) is 2.54. The Morgan fingerprint density at radius 3 is 2.71 bits per heavy atom. The van der Waals surface area contributed by atoms with Gasteiger partial charge in [-0.15, -0.1) is 0 Å². The van der Waals surface area contributed by atoms with Crippen LogP contribution in [0.2, 0.25) is 0 Å². The largest absolute Gasteiger partial charge is 0.490 e. The van der Waals surface area contributed by atoms with Gasteiger partial charge in [-0.2, -0.15) is 0 Å². The lowest BCUT2D eigenvalue weighted by molar-refractivity contribution is -0.132. The van der Waals surface area contributed by atoms with E-state index in [0.29, 0.717) is 31.1 Å². The lowest BCUT2D eigenvalue weighted by Gasteiger charge is -2.18. The zero-order valence-corrected chi connectivity index (χ0v) is 12.6. The smallest absolute Gasteiger partial charge is 0.260 e. The standard InChI is InChI=1S/C16H24N2O3/c1-2-20-14-7-5-6-13(8-9-17)16(14)21-12-15(19)18-10-3-4-11-18/h5-7H,2-4,8-12,17H2,1H3. The van der Waals surface area contributed by atoms with Gasteiger partial charge in [0.25, 0.3) is 5.91 Å². The van der Waals surface area contributed by atoms with E-state index in [4.69, 9.17) is 15.2 Å². The molecule has 0 saturated carbocycles. The molecule has 5 heteroatoms. The first-order valence-electron chi connectivity index (χ1n) is 7.61. The second-order valence-corrected chi connectivity index (χ2v) is 5.09. The lowest BCUT2D eigenvalue weighted by atomic mass is 10.1. The molecule has 0 radical (unpaired) electrons. The number of hydrogen-bond acceptors (Lipinski definition) is 4. The Bertz CT molecular complexity index is 446. The Morgan fingerprint density at radius 2 is 2.05 bits per heavy atom. The minimum Gasteiger partial charge on any atom is -0.490 e. The van der Waals surface area contributed by atoms with Crippen molar-refractivity contribution >= 4 is 5.91 Å². The minimum atomic E-state index is 0.0394. The van der Waals surface area contributed by atoms with Gasteiger partial charge in [-0.1, -0.05) is 12.1 Å². The maximum atomic E-state index is 12.1. The molecular weight excluding hydrogens is 268 g/mol. The van der Waals surface area contributed by atoms with Gasteiger partial charge in [-0.3, -0.25) is 4.79 Å². The maximum Gasteiger partial charge on any atom is 0.260 e. The van der Waals surface area contributed by atoms with Crippen molar-refractivity contribution in [2.24, 2.45) is 5.73 Å². The highest BCUT2D eigenvalue weighted by Gasteiger charge is 2.19. The first-order chi connectivity index (χ1) is 10.3. The quantitative estimate of drug-likeness (QED) is 0.829. The number of benzene rings is 1. The van der Waals surface area contributed by atoms with E-state index < -0.39 is 0 Å². The number of nitrogens with two attached hydrogens (primary N) is 1. The van der Waals surface area contributed by atoms with Gasteiger partial charge in [0.2, 0.25) is 0 Å². The number of para-hydroxylation sites is 1. The molecule has 1 aliphatic rings. The first-order valence-corrected chi connectivity index (χ1v) is 7.61. The van der Waals surface area contributed by atoms with Crippen LogP contribution in [0, 0.1) is 0 Å². The number of carbonyl (C=O) groups is 1. The van der Waals surface area contributed by atoms with Crippen LogP contribution in [0.5, 0.6) is 11.5 Å². The van der Waals surface area contributed by atoms with Gasteiger partial charge in [0.1, 0.15) is 0 Å². The molecular formula is C16H24N2O3. The van der Waals surface area contributed by atoms with Gasteiger partial charge in [0, 0.05) is 13.1 Å². The Hall–Kier alpha value is -1.75. The molecule has 1 aliphatic heterocycles. The topological polar surface area (TPSA) is 64.8 Å². The number of hydrogen-bond donors (Lipinski definition) is 1. The number of rotatable bonds is 7. The molecule has 0 atom stereocenters. The summed E-state index contributed by atoms with van der Waals surface area (Å²) in [6.07, 6.45) is 2.87. The van der Waals surface area contributed by atoms with Crippen LogP contribution in [0.4, 0.5) is 0 Å². The van der Waals surface area contributed by atoms with Gasteiger partial charge in [0.05, 0.1) is 6.61 Å². The average Bonchev–Trinajstić information content (AvgIpc) is 3.01. The Balaban J connectivity index is 2.06. The maximum absolute atomic E-state index is 12.1. The molecule has 0 aromatic heterocycles. The fourth-order valence-corrected chi connectivity index (χ4v) is 2.54. The van der Waals surface area contributed by atoms with Crippen LogP contribution in [-0.4, -0.2) is 43.7 Å². The third-order valence-corrected chi connectivity index (χ3v) is 3.57. The van der Waals surface area contributed by atoms with Crippen molar-refractivity contribution in [2.75, 3.05) is 32.8 Å². The summed E-state index contributed by atoms with van der Waals surface area (Å²) in [5.74, 6) is 1.37. The van der Waals surface area contributed by atoms with E-state index in [-0.39, 0.29) is 12.5 Å². The van der Waals surface area contributed by atoms with Gasteiger partial charge in [-0.25, -0.2) is 0 Å². The van der Waals surface area contributed by atoms with Crippen LogP contribution in [0.25, 0.3) is 0 Å². The molecule has 116 valence electrons. The summed E-state index contributed by atoms with van der Waals surface area (Å²) in [6.45, 7) is 4.75. The summed E-state index contributed by atoms with van der Waals surface area (Å²) in [7, 11) is 0. The van der Waals surface area contributed by atoms with Crippen molar-refractivity contribution in [1.82, 2.24) is 4.90 Å². The third-order valence-electron chi connectivity index (χ3n) is 3.57. The summed E-state index contributed by atoms with van der Waals surface area (Å²) in [6, 6.07) is 5.75. The van der Waals surface area contributed by atoms with E-state index in [2.05, 4.69) is 0 Å². The molecule has 2 rings (SSSR count). The zero-order chi connectivity index (χ0) is 15.1. The molecule has 0 aliphatic carbocycles. The monoisotopic (exact) mass is 292 g/mol. The van der Waals surface area contributed by atoms with Crippen LogP contribution >= 0.6 is 0 Å². The highest BCUT2D eigenvalue weighted by molar-refractivity contribution is 5.78. The van der Waals surface area contributed by atoms with Crippen LogP contribution in [0.3, 0.4) is 0 Å². The summed E-state index contributed by atoms with van der Waals surface area (Å²) in [5, 5.41) is 0. The van der Waals surface area contributed by atoms with Crippen LogP contribution in [0.15, 0.2) is 18.2 Å². The molecule has 1 aromatic carbocycles. The molecule has 0 unspecified atom stereocenters. The molecule has 5 nitrogen and oxygen atoms in total. The van der Waals surface area contributed by atoms with Crippen molar-refractivity contribution in [3.63, 3.8) is 0 Å². The molecule has 1 amide bonds. The fraction of sp³-hybridized carbons (Fsp3) is 0.562. The molecule has 1 fully saturated rings. The highest BCUT2D eigenvalue weighted by Crippen LogP contribution is 2.31. The molecule has 0 spiro atoms. The van der Waals surface area contributed by atoms with Gasteiger partial charge in [-0.05, 0) is 44.4 Å². The predicted octanol–water partition coefficient (Wildman–Crippen LogP) is 1.59. The van der Waals surface area contributed by atoms with Crippen molar-refractivity contribution in [3.05, 3.63) is 23.8 Å². The van der Waals surface area contributed by atoms with Gasteiger partial charge >= 0.3 is 0 Å². The molecule has 21 heavy (non-hydrogen) atoms. The first kappa shape index (κ1) is 15.6. The zero-order valence-electron chi connectivity index (χ0n) is 12.6. The molecule has 1 heterocycles. The van der Waals surface area contributed by atoms with Crippen molar-refractivity contribution < 1.29 is 14.3 Å². The number of likely N-dealkylation sites (tertiary alicyclic amines) is 1. The van der Waals surface area contributed by atoms with Crippen LogP contribution in [-0.2, 0) is 11.2 Å². The van der Waals surface area contributed by atoms with Crippen LogP contribution < -0.4 is 15.2 Å². The Morgan fingerprint density at radius 1 is 1.29 bits per heavy atom. The van der Waals surface area contributed by atoms with Gasteiger partial charge in [0.15, 0.2) is 18.1 Å². The highest BCUT2D eigenvalue weighted by atomic mass is 16.5. The summed E-state index contributed by atoms with van der Waals surface area (Å²) in [5.41, 5.74) is 6.62. The Kier molecular flexibility index (Phi) is 5.87. The molecule has 1 saturated heterocycles. The van der Waals surface area contributed by atoms with Crippen molar-refractivity contribution in [1.29, 1.82) is 0 Å². The number of nitrogens with zero attached hydrogens (tertiary/aromatic N) is 1. The van der Waals surface area contributed by atoms with Gasteiger partial charge < -0.3 is 20.1 Å². The normalized spacial score (nSPS) is 14.3. The number of amides is 1. The van der Waals surface area contributed by atoms with E-state index in [9.17, 15) is 4.79 Å².